The maximum absolute atomic E-state index is 12.3. The SMILES string of the molecule is CCCCOc1ccc(C2=N/C(=C\c3cc(Cl)c(OC(C)=O)c(OC(C)=O)c3)C(=O)O2)cc1. The van der Waals surface area contributed by atoms with Gasteiger partial charge in [-0.3, -0.25) is 9.59 Å². The second-order valence-electron chi connectivity index (χ2n) is 7.08. The van der Waals surface area contributed by atoms with E-state index in [0.29, 0.717) is 23.5 Å². The standard InChI is InChI=1S/C24H22ClNO7/c1-4-5-10-30-18-8-6-17(7-9-18)23-26-20(24(29)33-23)12-16-11-19(25)22(32-15(3)28)21(13-16)31-14(2)27/h6-9,11-13H,4-5,10H2,1-3H3/b20-12-. The molecule has 9 heteroatoms. The number of hydrogen-bond donors (Lipinski definition) is 0. The number of rotatable bonds is 8. The van der Waals surface area contributed by atoms with Gasteiger partial charge in [-0.05, 0) is 54.5 Å². The van der Waals surface area contributed by atoms with E-state index in [4.69, 9.17) is 30.5 Å². The molecule has 1 aliphatic heterocycles. The molecule has 2 aromatic carbocycles. The maximum atomic E-state index is 12.3. The molecule has 172 valence electrons. The van der Waals surface area contributed by atoms with Crippen LogP contribution in [0.25, 0.3) is 6.08 Å². The van der Waals surface area contributed by atoms with Crippen molar-refractivity contribution in [3.05, 3.63) is 58.2 Å². The first-order valence-electron chi connectivity index (χ1n) is 10.2. The second-order valence-corrected chi connectivity index (χ2v) is 7.49. The molecule has 2 aromatic rings. The van der Waals surface area contributed by atoms with E-state index in [-0.39, 0.29) is 28.1 Å². The summed E-state index contributed by atoms with van der Waals surface area (Å²) < 4.78 is 21.1. The predicted molar refractivity (Wildman–Crippen MR) is 122 cm³/mol. The number of benzene rings is 2. The number of unbranched alkanes of at least 4 members (excludes halogenated alkanes) is 1. The van der Waals surface area contributed by atoms with Crippen molar-refractivity contribution in [2.45, 2.75) is 33.6 Å². The Balaban J connectivity index is 1.87. The Morgan fingerprint density at radius 2 is 1.79 bits per heavy atom. The smallest absolute Gasteiger partial charge is 0.363 e. The number of aliphatic imine (C=N–C) groups is 1. The molecule has 1 heterocycles. The van der Waals surface area contributed by atoms with Gasteiger partial charge in [-0.1, -0.05) is 24.9 Å². The van der Waals surface area contributed by atoms with Gasteiger partial charge >= 0.3 is 17.9 Å². The van der Waals surface area contributed by atoms with Crippen molar-refractivity contribution in [2.24, 2.45) is 4.99 Å². The van der Waals surface area contributed by atoms with Gasteiger partial charge < -0.3 is 18.9 Å². The van der Waals surface area contributed by atoms with Crippen LogP contribution in [0.2, 0.25) is 5.02 Å². The van der Waals surface area contributed by atoms with Gasteiger partial charge in [-0.2, -0.15) is 0 Å². The van der Waals surface area contributed by atoms with Crippen molar-refractivity contribution in [1.82, 2.24) is 0 Å². The quantitative estimate of drug-likeness (QED) is 0.238. The topological polar surface area (TPSA) is 100 Å². The molecule has 0 bridgehead atoms. The number of hydrogen-bond acceptors (Lipinski definition) is 8. The summed E-state index contributed by atoms with van der Waals surface area (Å²) in [4.78, 5) is 39.4. The molecule has 0 saturated heterocycles. The number of cyclic esters (lactones) is 1. The van der Waals surface area contributed by atoms with Gasteiger partial charge in [0.15, 0.2) is 17.2 Å². The molecule has 0 aliphatic carbocycles. The third-order valence-electron chi connectivity index (χ3n) is 4.32. The van der Waals surface area contributed by atoms with Crippen molar-refractivity contribution in [3.8, 4) is 17.2 Å². The Labute approximate surface area is 195 Å². The van der Waals surface area contributed by atoms with Gasteiger partial charge in [0.05, 0.1) is 11.6 Å². The predicted octanol–water partition coefficient (Wildman–Crippen LogP) is 4.71. The summed E-state index contributed by atoms with van der Waals surface area (Å²) in [5.41, 5.74) is 1.03. The number of esters is 3. The molecule has 0 radical (unpaired) electrons. The highest BCUT2D eigenvalue weighted by Crippen LogP contribution is 2.38. The van der Waals surface area contributed by atoms with Crippen LogP contribution in [-0.2, 0) is 19.1 Å². The fourth-order valence-electron chi connectivity index (χ4n) is 2.86. The summed E-state index contributed by atoms with van der Waals surface area (Å²) in [5.74, 6) is -1.21. The van der Waals surface area contributed by atoms with Gasteiger partial charge in [0.2, 0.25) is 5.90 Å². The van der Waals surface area contributed by atoms with E-state index < -0.39 is 17.9 Å². The molecule has 0 saturated carbocycles. The molecule has 0 aromatic heterocycles. The van der Waals surface area contributed by atoms with Crippen LogP contribution in [0.3, 0.4) is 0 Å². The van der Waals surface area contributed by atoms with Crippen LogP contribution < -0.4 is 14.2 Å². The molecule has 3 rings (SSSR count). The van der Waals surface area contributed by atoms with E-state index in [2.05, 4.69) is 11.9 Å². The highest BCUT2D eigenvalue weighted by Gasteiger charge is 2.25. The van der Waals surface area contributed by atoms with Crippen molar-refractivity contribution in [2.75, 3.05) is 6.61 Å². The molecule has 0 amide bonds. The van der Waals surface area contributed by atoms with Gasteiger partial charge in [0.1, 0.15) is 5.75 Å². The van der Waals surface area contributed by atoms with Crippen molar-refractivity contribution in [3.63, 3.8) is 0 Å². The third kappa shape index (κ3) is 6.43. The van der Waals surface area contributed by atoms with Crippen LogP contribution >= 0.6 is 11.6 Å². The first-order valence-corrected chi connectivity index (χ1v) is 10.6. The van der Waals surface area contributed by atoms with E-state index in [9.17, 15) is 14.4 Å². The highest BCUT2D eigenvalue weighted by molar-refractivity contribution is 6.32. The first-order chi connectivity index (χ1) is 15.8. The van der Waals surface area contributed by atoms with E-state index in [1.165, 1.54) is 32.1 Å². The fourth-order valence-corrected chi connectivity index (χ4v) is 3.12. The van der Waals surface area contributed by atoms with Crippen LogP contribution in [0, 0.1) is 0 Å². The molecule has 0 N–H and O–H groups in total. The number of ether oxygens (including phenoxy) is 4. The largest absolute Gasteiger partial charge is 0.494 e. The van der Waals surface area contributed by atoms with Gasteiger partial charge in [-0.25, -0.2) is 9.79 Å². The zero-order valence-corrected chi connectivity index (χ0v) is 19.1. The first kappa shape index (κ1) is 24.0. The molecule has 0 fully saturated rings. The normalized spacial score (nSPS) is 14.0. The average Bonchev–Trinajstić information content (AvgIpc) is 3.11. The van der Waals surface area contributed by atoms with Crippen molar-refractivity contribution >= 4 is 41.5 Å². The fraction of sp³-hybridized carbons (Fsp3) is 0.250. The minimum Gasteiger partial charge on any atom is -0.494 e. The summed E-state index contributed by atoms with van der Waals surface area (Å²) in [6.07, 6.45) is 3.43. The molecular weight excluding hydrogens is 450 g/mol. The van der Waals surface area contributed by atoms with Crippen molar-refractivity contribution < 1.29 is 33.3 Å². The molecule has 1 aliphatic rings. The molecular formula is C24H22ClNO7. The molecule has 0 unspecified atom stereocenters. The summed E-state index contributed by atoms with van der Waals surface area (Å²) >= 11 is 6.21. The zero-order valence-electron chi connectivity index (χ0n) is 18.3. The summed E-state index contributed by atoms with van der Waals surface area (Å²) in [6, 6.07) is 9.91. The van der Waals surface area contributed by atoms with Crippen LogP contribution in [0.1, 0.15) is 44.7 Å². The van der Waals surface area contributed by atoms with Crippen LogP contribution in [0.4, 0.5) is 0 Å². The van der Waals surface area contributed by atoms with E-state index in [1.807, 2.05) is 0 Å². The van der Waals surface area contributed by atoms with Gasteiger partial charge in [-0.15, -0.1) is 0 Å². The van der Waals surface area contributed by atoms with Gasteiger partial charge in [0.25, 0.3) is 0 Å². The number of carbonyl (C=O) groups is 3. The lowest BCUT2D eigenvalue weighted by atomic mass is 10.1. The summed E-state index contributed by atoms with van der Waals surface area (Å²) in [7, 11) is 0. The number of carbonyl (C=O) groups excluding carboxylic acids is 3. The maximum Gasteiger partial charge on any atom is 0.363 e. The molecule has 33 heavy (non-hydrogen) atoms. The number of halogens is 1. The summed E-state index contributed by atoms with van der Waals surface area (Å²) in [5, 5.41) is 0.0185. The Hall–Kier alpha value is -3.65. The minimum absolute atomic E-state index is 0.0185. The van der Waals surface area contributed by atoms with E-state index in [1.54, 1.807) is 24.3 Å². The highest BCUT2D eigenvalue weighted by atomic mass is 35.5. The van der Waals surface area contributed by atoms with E-state index in [0.717, 1.165) is 12.8 Å². The Kier molecular flexibility index (Phi) is 7.84. The lowest BCUT2D eigenvalue weighted by Gasteiger charge is -2.11. The average molecular weight is 472 g/mol. The Morgan fingerprint density at radius 1 is 1.09 bits per heavy atom. The Bertz CT molecular complexity index is 1140. The zero-order chi connectivity index (χ0) is 24.0. The summed E-state index contributed by atoms with van der Waals surface area (Å²) in [6.45, 7) is 5.11. The lowest BCUT2D eigenvalue weighted by Crippen LogP contribution is -2.08. The van der Waals surface area contributed by atoms with Crippen LogP contribution in [-0.4, -0.2) is 30.4 Å². The number of nitrogens with zero attached hydrogens (tertiary/aromatic N) is 1. The van der Waals surface area contributed by atoms with Crippen molar-refractivity contribution in [1.29, 1.82) is 0 Å². The molecule has 0 spiro atoms. The molecule has 0 atom stereocenters. The third-order valence-corrected chi connectivity index (χ3v) is 4.60. The van der Waals surface area contributed by atoms with Gasteiger partial charge in [0, 0.05) is 19.4 Å². The monoisotopic (exact) mass is 471 g/mol. The van der Waals surface area contributed by atoms with Crippen LogP contribution in [0.5, 0.6) is 17.2 Å². The lowest BCUT2D eigenvalue weighted by molar-refractivity contribution is -0.134. The van der Waals surface area contributed by atoms with Crippen LogP contribution in [0.15, 0.2) is 47.1 Å². The van der Waals surface area contributed by atoms with E-state index >= 15 is 0 Å². The molecule has 8 nitrogen and oxygen atoms in total. The Morgan fingerprint density at radius 3 is 2.42 bits per heavy atom. The minimum atomic E-state index is -0.650. The second kappa shape index (κ2) is 10.8.